The van der Waals surface area contributed by atoms with E-state index in [-0.39, 0.29) is 10.8 Å². The molecule has 0 N–H and O–H groups in total. The lowest BCUT2D eigenvalue weighted by Gasteiger charge is -2.26. The Balaban J connectivity index is 1.15. The lowest BCUT2D eigenvalue weighted by molar-refractivity contribution is 0.0764. The first-order valence-corrected chi connectivity index (χ1v) is 13.0. The molecule has 0 aliphatic heterocycles. The second kappa shape index (κ2) is 12.1. The first-order chi connectivity index (χ1) is 17.9. The van der Waals surface area contributed by atoms with Crippen LogP contribution in [0.2, 0.25) is 0 Å². The van der Waals surface area contributed by atoms with Crippen LogP contribution < -0.4 is 9.47 Å². The molecule has 0 saturated carbocycles. The zero-order valence-electron chi connectivity index (χ0n) is 22.4. The van der Waals surface area contributed by atoms with Crippen LogP contribution in [-0.2, 0) is 15.6 Å². The van der Waals surface area contributed by atoms with Gasteiger partial charge in [-0.2, -0.15) is 0 Å². The van der Waals surface area contributed by atoms with Crippen molar-refractivity contribution in [1.82, 2.24) is 0 Å². The third kappa shape index (κ3) is 6.81. The fraction of sp³-hybridized carbons (Fsp3) is 0.294. The lowest BCUT2D eigenvalue weighted by atomic mass is 9.78. The Kier molecular flexibility index (Phi) is 8.68. The molecule has 3 nitrogen and oxygen atoms in total. The smallest absolute Gasteiger partial charge is 0.119 e. The third-order valence-electron chi connectivity index (χ3n) is 7.14. The Morgan fingerprint density at radius 1 is 0.405 bits per heavy atom. The van der Waals surface area contributed by atoms with Crippen LogP contribution in [0.1, 0.15) is 49.9 Å². The summed E-state index contributed by atoms with van der Waals surface area (Å²) < 4.78 is 17.4. The minimum atomic E-state index is -0.0542. The number of hydrogen-bond donors (Lipinski definition) is 0. The number of benzene rings is 4. The summed E-state index contributed by atoms with van der Waals surface area (Å²) in [7, 11) is 0. The average molecular weight is 495 g/mol. The van der Waals surface area contributed by atoms with Crippen molar-refractivity contribution < 1.29 is 14.2 Å². The van der Waals surface area contributed by atoms with Gasteiger partial charge in [0.15, 0.2) is 0 Å². The fourth-order valence-electron chi connectivity index (χ4n) is 4.52. The van der Waals surface area contributed by atoms with Gasteiger partial charge in [0.1, 0.15) is 24.7 Å². The van der Waals surface area contributed by atoms with E-state index in [1.54, 1.807) is 0 Å². The monoisotopic (exact) mass is 494 g/mol. The van der Waals surface area contributed by atoms with Gasteiger partial charge in [-0.15, -0.1) is 0 Å². The van der Waals surface area contributed by atoms with Crippen molar-refractivity contribution in [3.05, 3.63) is 131 Å². The Labute approximate surface area is 222 Å². The summed E-state index contributed by atoms with van der Waals surface area (Å²) in [5.74, 6) is 1.71. The van der Waals surface area contributed by atoms with Crippen molar-refractivity contribution in [2.24, 2.45) is 0 Å². The zero-order chi connectivity index (χ0) is 26.1. The summed E-state index contributed by atoms with van der Waals surface area (Å²) in [6, 6.07) is 37.8. The topological polar surface area (TPSA) is 27.7 Å². The summed E-state index contributed by atoms with van der Waals surface area (Å²) >= 11 is 0. The van der Waals surface area contributed by atoms with Crippen LogP contribution in [-0.4, -0.2) is 26.4 Å². The molecule has 0 fully saturated rings. The summed E-state index contributed by atoms with van der Waals surface area (Å²) in [4.78, 5) is 0. The Morgan fingerprint density at radius 2 is 0.730 bits per heavy atom. The third-order valence-corrected chi connectivity index (χ3v) is 7.14. The predicted molar refractivity (Wildman–Crippen MR) is 152 cm³/mol. The first-order valence-electron chi connectivity index (χ1n) is 13.0. The first kappa shape index (κ1) is 26.5. The molecule has 37 heavy (non-hydrogen) atoms. The number of rotatable bonds is 12. The highest BCUT2D eigenvalue weighted by atomic mass is 16.5. The Bertz CT molecular complexity index is 1110. The van der Waals surface area contributed by atoms with Crippen LogP contribution in [0.4, 0.5) is 0 Å². The van der Waals surface area contributed by atoms with E-state index in [2.05, 4.69) is 113 Å². The molecule has 0 heterocycles. The molecule has 0 bridgehead atoms. The molecule has 192 valence electrons. The van der Waals surface area contributed by atoms with Gasteiger partial charge in [-0.1, -0.05) is 113 Å². The van der Waals surface area contributed by atoms with E-state index in [1.165, 1.54) is 22.3 Å². The van der Waals surface area contributed by atoms with E-state index in [0.717, 1.165) is 11.5 Å². The minimum absolute atomic E-state index is 0.0542. The molecule has 0 atom stereocenters. The van der Waals surface area contributed by atoms with E-state index < -0.39 is 0 Å². The average Bonchev–Trinajstić information content (AvgIpc) is 2.94. The van der Waals surface area contributed by atoms with Gasteiger partial charge in [-0.05, 0) is 46.5 Å². The SMILES string of the molecule is CC(C)(c1ccccc1)c1ccc(OCCOCCOc2ccc(C(C)(C)c3ccccc3)cc2)cc1. The van der Waals surface area contributed by atoms with Crippen LogP contribution in [0.25, 0.3) is 0 Å². The second-order valence-corrected chi connectivity index (χ2v) is 10.3. The molecule has 0 unspecified atom stereocenters. The predicted octanol–water partition coefficient (Wildman–Crippen LogP) is 7.81. The normalized spacial score (nSPS) is 11.8. The van der Waals surface area contributed by atoms with Crippen LogP contribution in [0.3, 0.4) is 0 Å². The molecule has 3 heteroatoms. The molecule has 4 aromatic rings. The number of ether oxygens (including phenoxy) is 3. The molecule has 0 aliphatic carbocycles. The maximum absolute atomic E-state index is 5.86. The maximum atomic E-state index is 5.86. The van der Waals surface area contributed by atoms with Gasteiger partial charge in [0.05, 0.1) is 13.2 Å². The minimum Gasteiger partial charge on any atom is -0.491 e. The molecule has 0 radical (unpaired) electrons. The Morgan fingerprint density at radius 3 is 1.08 bits per heavy atom. The molecule has 0 saturated heterocycles. The van der Waals surface area contributed by atoms with Gasteiger partial charge in [-0.3, -0.25) is 0 Å². The van der Waals surface area contributed by atoms with Crippen LogP contribution in [0.15, 0.2) is 109 Å². The second-order valence-electron chi connectivity index (χ2n) is 10.3. The van der Waals surface area contributed by atoms with Crippen LogP contribution in [0, 0.1) is 0 Å². The van der Waals surface area contributed by atoms with Gasteiger partial charge in [0.25, 0.3) is 0 Å². The summed E-state index contributed by atoms with van der Waals surface area (Å²) in [6.45, 7) is 11.0. The highest BCUT2D eigenvalue weighted by Crippen LogP contribution is 2.33. The van der Waals surface area contributed by atoms with Gasteiger partial charge < -0.3 is 14.2 Å². The zero-order valence-corrected chi connectivity index (χ0v) is 22.4. The number of hydrogen-bond acceptors (Lipinski definition) is 3. The lowest BCUT2D eigenvalue weighted by Crippen LogP contribution is -2.18. The molecule has 0 amide bonds. The molecule has 4 aromatic carbocycles. The maximum Gasteiger partial charge on any atom is 0.119 e. The fourth-order valence-corrected chi connectivity index (χ4v) is 4.52. The van der Waals surface area contributed by atoms with Gasteiger partial charge >= 0.3 is 0 Å². The van der Waals surface area contributed by atoms with Gasteiger partial charge in [0.2, 0.25) is 0 Å². The van der Waals surface area contributed by atoms with E-state index in [9.17, 15) is 0 Å². The van der Waals surface area contributed by atoms with Crippen molar-refractivity contribution in [1.29, 1.82) is 0 Å². The Hall–Kier alpha value is -3.56. The van der Waals surface area contributed by atoms with E-state index in [0.29, 0.717) is 26.4 Å². The summed E-state index contributed by atoms with van der Waals surface area (Å²) in [5.41, 5.74) is 5.01. The van der Waals surface area contributed by atoms with Crippen molar-refractivity contribution in [3.8, 4) is 11.5 Å². The highest BCUT2D eigenvalue weighted by Gasteiger charge is 2.23. The van der Waals surface area contributed by atoms with Crippen molar-refractivity contribution >= 4 is 0 Å². The van der Waals surface area contributed by atoms with E-state index in [1.807, 2.05) is 24.3 Å². The van der Waals surface area contributed by atoms with Crippen LogP contribution in [0.5, 0.6) is 11.5 Å². The van der Waals surface area contributed by atoms with Crippen molar-refractivity contribution in [3.63, 3.8) is 0 Å². The molecule has 4 rings (SSSR count). The standard InChI is InChI=1S/C34H38O3/c1-33(2,27-11-7-5-8-12-27)29-15-19-31(20-16-29)36-25-23-35-24-26-37-32-21-17-30(18-22-32)34(3,4)28-13-9-6-10-14-28/h5-22H,23-26H2,1-4H3. The van der Waals surface area contributed by atoms with Gasteiger partial charge in [0, 0.05) is 10.8 Å². The largest absolute Gasteiger partial charge is 0.491 e. The van der Waals surface area contributed by atoms with Crippen LogP contribution >= 0.6 is 0 Å². The summed E-state index contributed by atoms with van der Waals surface area (Å²) in [5, 5.41) is 0. The molecule has 0 spiro atoms. The molecular weight excluding hydrogens is 456 g/mol. The van der Waals surface area contributed by atoms with Gasteiger partial charge in [-0.25, -0.2) is 0 Å². The highest BCUT2D eigenvalue weighted by molar-refractivity contribution is 5.41. The summed E-state index contributed by atoms with van der Waals surface area (Å²) in [6.07, 6.45) is 0. The molecule has 0 aliphatic rings. The van der Waals surface area contributed by atoms with Crippen molar-refractivity contribution in [2.45, 2.75) is 38.5 Å². The van der Waals surface area contributed by atoms with E-state index in [4.69, 9.17) is 14.2 Å². The van der Waals surface area contributed by atoms with E-state index >= 15 is 0 Å². The van der Waals surface area contributed by atoms with Crippen molar-refractivity contribution in [2.75, 3.05) is 26.4 Å². The quantitative estimate of drug-likeness (QED) is 0.188. The molecule has 0 aromatic heterocycles. The molecular formula is C34H38O3.